The number of rotatable bonds is 4. The molecule has 0 aromatic carbocycles. The Morgan fingerprint density at radius 3 is 2.29 bits per heavy atom. The van der Waals surface area contributed by atoms with Crippen LogP contribution in [0.15, 0.2) is 0 Å². The molecule has 0 radical (unpaired) electrons. The molecular weight excluding hydrogens is 172 g/mol. The minimum Gasteiger partial charge on any atom is -0.328 e. The summed E-state index contributed by atoms with van der Waals surface area (Å²) in [5.74, 6) is 0. The lowest BCUT2D eigenvalue weighted by molar-refractivity contribution is 0.272. The van der Waals surface area contributed by atoms with Gasteiger partial charge in [-0.15, -0.1) is 0 Å². The highest BCUT2D eigenvalue weighted by Gasteiger charge is 2.21. The zero-order chi connectivity index (χ0) is 10.6. The Morgan fingerprint density at radius 1 is 1.21 bits per heavy atom. The van der Waals surface area contributed by atoms with Gasteiger partial charge in [0.05, 0.1) is 0 Å². The second-order valence-corrected chi connectivity index (χ2v) is 5.51. The molecule has 0 saturated heterocycles. The zero-order valence-corrected chi connectivity index (χ0v) is 9.97. The van der Waals surface area contributed by atoms with Gasteiger partial charge in [-0.2, -0.15) is 0 Å². The van der Waals surface area contributed by atoms with Crippen molar-refractivity contribution in [2.24, 2.45) is 11.1 Å². The van der Waals surface area contributed by atoms with Crippen molar-refractivity contribution in [3.8, 4) is 0 Å². The third-order valence-corrected chi connectivity index (χ3v) is 3.60. The fraction of sp³-hybridized carbons (Fsp3) is 1.00. The fourth-order valence-electron chi connectivity index (χ4n) is 1.87. The van der Waals surface area contributed by atoms with E-state index in [-0.39, 0.29) is 0 Å². The molecule has 2 nitrogen and oxygen atoms in total. The van der Waals surface area contributed by atoms with E-state index in [9.17, 15) is 0 Å². The zero-order valence-electron chi connectivity index (χ0n) is 9.97. The van der Waals surface area contributed by atoms with Gasteiger partial charge in [-0.05, 0) is 37.5 Å². The lowest BCUT2D eigenvalue weighted by Crippen LogP contribution is -2.41. The van der Waals surface area contributed by atoms with Crippen molar-refractivity contribution in [3.63, 3.8) is 0 Å². The molecule has 0 aromatic heterocycles. The van der Waals surface area contributed by atoms with Crippen LogP contribution in [0.5, 0.6) is 0 Å². The van der Waals surface area contributed by atoms with Gasteiger partial charge in [0, 0.05) is 18.6 Å². The van der Waals surface area contributed by atoms with Crippen molar-refractivity contribution in [1.82, 2.24) is 5.32 Å². The number of hydrogen-bond donors (Lipinski definition) is 2. The molecule has 84 valence electrons. The fourth-order valence-corrected chi connectivity index (χ4v) is 1.87. The first-order valence-corrected chi connectivity index (χ1v) is 6.02. The average molecular weight is 198 g/mol. The summed E-state index contributed by atoms with van der Waals surface area (Å²) in [5, 5.41) is 3.68. The van der Waals surface area contributed by atoms with E-state index in [1.807, 2.05) is 0 Å². The third-order valence-electron chi connectivity index (χ3n) is 3.60. The number of hydrogen-bond acceptors (Lipinski definition) is 2. The highest BCUT2D eigenvalue weighted by molar-refractivity contribution is 4.81. The SMILES string of the molecule is CCC(C)(C)CNC1CCC(N)CC1. The van der Waals surface area contributed by atoms with E-state index in [4.69, 9.17) is 5.73 Å². The maximum Gasteiger partial charge on any atom is 0.00684 e. The van der Waals surface area contributed by atoms with Gasteiger partial charge < -0.3 is 11.1 Å². The van der Waals surface area contributed by atoms with Crippen LogP contribution in [0.2, 0.25) is 0 Å². The van der Waals surface area contributed by atoms with Crippen molar-refractivity contribution >= 4 is 0 Å². The van der Waals surface area contributed by atoms with Crippen LogP contribution >= 0.6 is 0 Å². The van der Waals surface area contributed by atoms with E-state index in [0.29, 0.717) is 11.5 Å². The highest BCUT2D eigenvalue weighted by Crippen LogP contribution is 2.21. The molecule has 0 spiro atoms. The summed E-state index contributed by atoms with van der Waals surface area (Å²) < 4.78 is 0. The summed E-state index contributed by atoms with van der Waals surface area (Å²) in [6.07, 6.45) is 6.17. The summed E-state index contributed by atoms with van der Waals surface area (Å²) in [7, 11) is 0. The Kier molecular flexibility index (Phi) is 4.39. The molecule has 0 aliphatic heterocycles. The smallest absolute Gasteiger partial charge is 0.00684 e. The molecule has 1 aliphatic carbocycles. The Hall–Kier alpha value is -0.0800. The van der Waals surface area contributed by atoms with E-state index >= 15 is 0 Å². The van der Waals surface area contributed by atoms with Gasteiger partial charge in [-0.25, -0.2) is 0 Å². The minimum absolute atomic E-state index is 0.444. The van der Waals surface area contributed by atoms with Gasteiger partial charge in [0.25, 0.3) is 0 Å². The van der Waals surface area contributed by atoms with Gasteiger partial charge >= 0.3 is 0 Å². The van der Waals surface area contributed by atoms with Crippen molar-refractivity contribution in [3.05, 3.63) is 0 Å². The predicted molar refractivity (Wildman–Crippen MR) is 62.3 cm³/mol. The van der Waals surface area contributed by atoms with Gasteiger partial charge in [-0.3, -0.25) is 0 Å². The first-order valence-electron chi connectivity index (χ1n) is 6.02. The third kappa shape index (κ3) is 3.97. The van der Waals surface area contributed by atoms with Crippen LogP contribution in [0.3, 0.4) is 0 Å². The lowest BCUT2D eigenvalue weighted by Gasteiger charge is -2.31. The van der Waals surface area contributed by atoms with Gasteiger partial charge in [0.15, 0.2) is 0 Å². The molecule has 1 rings (SSSR count). The molecule has 2 heteroatoms. The van der Waals surface area contributed by atoms with E-state index < -0.39 is 0 Å². The summed E-state index contributed by atoms with van der Waals surface area (Å²) in [6.45, 7) is 8.06. The van der Waals surface area contributed by atoms with Crippen molar-refractivity contribution in [2.45, 2.75) is 65.0 Å². The summed E-state index contributed by atoms with van der Waals surface area (Å²) in [6, 6.07) is 1.19. The Labute approximate surface area is 88.6 Å². The monoisotopic (exact) mass is 198 g/mol. The van der Waals surface area contributed by atoms with Crippen LogP contribution in [0.4, 0.5) is 0 Å². The molecule has 0 bridgehead atoms. The van der Waals surface area contributed by atoms with E-state index in [1.165, 1.54) is 32.1 Å². The van der Waals surface area contributed by atoms with Crippen LogP contribution in [0.25, 0.3) is 0 Å². The Balaban J connectivity index is 2.19. The lowest BCUT2D eigenvalue weighted by atomic mass is 9.87. The van der Waals surface area contributed by atoms with Crippen LogP contribution in [0, 0.1) is 5.41 Å². The molecule has 0 atom stereocenters. The molecule has 14 heavy (non-hydrogen) atoms. The van der Waals surface area contributed by atoms with E-state index in [0.717, 1.165) is 12.6 Å². The second kappa shape index (κ2) is 5.13. The molecular formula is C12H26N2. The van der Waals surface area contributed by atoms with E-state index in [1.54, 1.807) is 0 Å². The molecule has 1 fully saturated rings. The standard InChI is InChI=1S/C12H26N2/c1-4-12(2,3)9-14-11-7-5-10(13)6-8-11/h10-11,14H,4-9,13H2,1-3H3. The maximum atomic E-state index is 5.88. The van der Waals surface area contributed by atoms with E-state index in [2.05, 4.69) is 26.1 Å². The summed E-state index contributed by atoms with van der Waals surface area (Å²) >= 11 is 0. The molecule has 3 N–H and O–H groups in total. The number of nitrogens with one attached hydrogen (secondary N) is 1. The summed E-state index contributed by atoms with van der Waals surface area (Å²) in [4.78, 5) is 0. The van der Waals surface area contributed by atoms with Crippen LogP contribution in [0.1, 0.15) is 52.9 Å². The first-order chi connectivity index (χ1) is 6.53. The Morgan fingerprint density at radius 2 is 1.79 bits per heavy atom. The predicted octanol–water partition coefficient (Wildman–Crippen LogP) is 2.28. The topological polar surface area (TPSA) is 38.0 Å². The molecule has 0 unspecified atom stereocenters. The molecule has 1 saturated carbocycles. The molecule has 1 aliphatic rings. The summed E-state index contributed by atoms with van der Waals surface area (Å²) in [5.41, 5.74) is 6.32. The van der Waals surface area contributed by atoms with Gasteiger partial charge in [0.1, 0.15) is 0 Å². The maximum absolute atomic E-state index is 5.88. The molecule has 0 amide bonds. The van der Waals surface area contributed by atoms with Crippen LogP contribution in [-0.2, 0) is 0 Å². The van der Waals surface area contributed by atoms with Crippen molar-refractivity contribution < 1.29 is 0 Å². The van der Waals surface area contributed by atoms with Gasteiger partial charge in [-0.1, -0.05) is 20.8 Å². The van der Waals surface area contributed by atoms with Gasteiger partial charge in [0.2, 0.25) is 0 Å². The highest BCUT2D eigenvalue weighted by atomic mass is 14.9. The van der Waals surface area contributed by atoms with Crippen LogP contribution < -0.4 is 11.1 Å². The quantitative estimate of drug-likeness (QED) is 0.727. The Bertz CT molecular complexity index is 158. The normalized spacial score (nSPS) is 29.1. The number of nitrogens with two attached hydrogens (primary N) is 1. The van der Waals surface area contributed by atoms with Crippen molar-refractivity contribution in [1.29, 1.82) is 0 Å². The largest absolute Gasteiger partial charge is 0.328 e. The molecule has 0 heterocycles. The minimum atomic E-state index is 0.444. The average Bonchev–Trinajstić information content (AvgIpc) is 2.17. The second-order valence-electron chi connectivity index (χ2n) is 5.51. The first kappa shape index (κ1) is 12.0. The van der Waals surface area contributed by atoms with Crippen LogP contribution in [-0.4, -0.2) is 18.6 Å². The van der Waals surface area contributed by atoms with Crippen molar-refractivity contribution in [2.75, 3.05) is 6.54 Å². The molecule has 0 aromatic rings.